The summed E-state index contributed by atoms with van der Waals surface area (Å²) in [5, 5.41) is 2.61. The number of rotatable bonds is 7. The molecule has 1 N–H and O–H groups in total. The number of carbonyl (C=O) groups excluding carboxylic acids is 1. The van der Waals surface area contributed by atoms with Gasteiger partial charge >= 0.3 is 0 Å². The largest absolute Gasteiger partial charge is 0.323 e. The summed E-state index contributed by atoms with van der Waals surface area (Å²) >= 11 is 0. The molecule has 7 heteroatoms. The first-order chi connectivity index (χ1) is 12.4. The number of benzene rings is 2. The van der Waals surface area contributed by atoms with Gasteiger partial charge in [0.1, 0.15) is 5.82 Å². The number of nitrogens with zero attached hydrogens (tertiary/aromatic N) is 1. The molecule has 1 amide bonds. The molecule has 0 fully saturated rings. The zero-order valence-electron chi connectivity index (χ0n) is 14.6. The first-order valence-corrected chi connectivity index (χ1v) is 9.65. The van der Waals surface area contributed by atoms with E-state index < -0.39 is 10.0 Å². The van der Waals surface area contributed by atoms with E-state index in [2.05, 4.69) is 5.32 Å². The molecule has 0 aromatic heterocycles. The summed E-state index contributed by atoms with van der Waals surface area (Å²) in [5.41, 5.74) is 1.18. The number of anilines is 1. The summed E-state index contributed by atoms with van der Waals surface area (Å²) in [6.45, 7) is 4.39. The molecule has 2 aromatic carbocycles. The van der Waals surface area contributed by atoms with Crippen molar-refractivity contribution in [2.45, 2.75) is 18.7 Å². The van der Waals surface area contributed by atoms with Crippen LogP contribution in [0.3, 0.4) is 0 Å². The van der Waals surface area contributed by atoms with Crippen LogP contribution in [-0.4, -0.2) is 31.7 Å². The maximum absolute atomic E-state index is 12.8. The summed E-state index contributed by atoms with van der Waals surface area (Å²) in [5.74, 6) is -0.741. The second-order valence-electron chi connectivity index (χ2n) is 5.49. The lowest BCUT2D eigenvalue weighted by atomic mass is 10.2. The quantitative estimate of drug-likeness (QED) is 0.752. The fourth-order valence-corrected chi connectivity index (χ4v) is 3.81. The third-order valence-electron chi connectivity index (χ3n) is 3.76. The molecule has 2 aromatic rings. The molecule has 0 aliphatic carbocycles. The van der Waals surface area contributed by atoms with Crippen molar-refractivity contribution in [2.75, 3.05) is 18.4 Å². The second kappa shape index (κ2) is 8.73. The van der Waals surface area contributed by atoms with Crippen LogP contribution in [0.15, 0.2) is 59.5 Å². The molecule has 2 rings (SSSR count). The average molecular weight is 376 g/mol. The van der Waals surface area contributed by atoms with Gasteiger partial charge in [0, 0.05) is 24.9 Å². The maximum atomic E-state index is 12.8. The monoisotopic (exact) mass is 376 g/mol. The molecule has 0 heterocycles. The molecule has 5 nitrogen and oxygen atoms in total. The number of sulfonamides is 1. The summed E-state index contributed by atoms with van der Waals surface area (Å²) in [7, 11) is -3.49. The van der Waals surface area contributed by atoms with Crippen LogP contribution in [0.4, 0.5) is 10.1 Å². The topological polar surface area (TPSA) is 66.5 Å². The van der Waals surface area contributed by atoms with Crippen LogP contribution in [0.2, 0.25) is 0 Å². The van der Waals surface area contributed by atoms with E-state index in [1.807, 2.05) is 0 Å². The van der Waals surface area contributed by atoms with Gasteiger partial charge in [-0.2, -0.15) is 4.31 Å². The molecular formula is C19H21FN2O3S. The van der Waals surface area contributed by atoms with Gasteiger partial charge in [-0.05, 0) is 48.0 Å². The van der Waals surface area contributed by atoms with Gasteiger partial charge in [-0.3, -0.25) is 4.79 Å². The SMILES string of the molecule is CCN(CC)S(=O)(=O)c1ccc(C=CC(=O)Nc2ccc(F)cc2)cc1. The van der Waals surface area contributed by atoms with E-state index in [1.165, 1.54) is 46.8 Å². The van der Waals surface area contributed by atoms with Gasteiger partial charge in [0.05, 0.1) is 4.90 Å². The fourth-order valence-electron chi connectivity index (χ4n) is 2.35. The third-order valence-corrected chi connectivity index (χ3v) is 5.83. The predicted molar refractivity (Wildman–Crippen MR) is 101 cm³/mol. The van der Waals surface area contributed by atoms with Crippen LogP contribution in [0.25, 0.3) is 6.08 Å². The minimum Gasteiger partial charge on any atom is -0.323 e. The number of halogens is 1. The Kier molecular flexibility index (Phi) is 6.65. The molecule has 0 radical (unpaired) electrons. The standard InChI is InChI=1S/C19H21FN2O3S/c1-3-22(4-2)26(24,25)18-12-5-15(6-13-18)7-14-19(23)21-17-10-8-16(20)9-11-17/h5-14H,3-4H2,1-2H3,(H,21,23). The van der Waals surface area contributed by atoms with E-state index in [9.17, 15) is 17.6 Å². The van der Waals surface area contributed by atoms with Gasteiger partial charge in [-0.15, -0.1) is 0 Å². The molecule has 0 saturated carbocycles. The zero-order valence-corrected chi connectivity index (χ0v) is 15.5. The first-order valence-electron chi connectivity index (χ1n) is 8.21. The molecule has 0 bridgehead atoms. The van der Waals surface area contributed by atoms with Crippen LogP contribution in [0.1, 0.15) is 19.4 Å². The number of nitrogens with one attached hydrogen (secondary N) is 1. The highest BCUT2D eigenvalue weighted by molar-refractivity contribution is 7.89. The van der Waals surface area contributed by atoms with Crippen molar-refractivity contribution in [3.05, 3.63) is 66.0 Å². The normalized spacial score (nSPS) is 11.8. The van der Waals surface area contributed by atoms with Crippen LogP contribution >= 0.6 is 0 Å². The van der Waals surface area contributed by atoms with Crippen molar-refractivity contribution in [3.8, 4) is 0 Å². The van der Waals surface area contributed by atoms with E-state index in [0.29, 0.717) is 24.3 Å². The Balaban J connectivity index is 2.05. The van der Waals surface area contributed by atoms with E-state index in [1.54, 1.807) is 32.1 Å². The minimum absolute atomic E-state index is 0.217. The Morgan fingerprint density at radius 3 is 2.15 bits per heavy atom. The van der Waals surface area contributed by atoms with E-state index >= 15 is 0 Å². The highest BCUT2D eigenvalue weighted by Gasteiger charge is 2.20. The Bertz CT molecular complexity index is 872. The Morgan fingerprint density at radius 2 is 1.62 bits per heavy atom. The molecule has 0 aliphatic heterocycles. The molecule has 0 saturated heterocycles. The molecule has 0 spiro atoms. The van der Waals surface area contributed by atoms with Gasteiger partial charge in [0.15, 0.2) is 0 Å². The highest BCUT2D eigenvalue weighted by Crippen LogP contribution is 2.17. The van der Waals surface area contributed by atoms with Gasteiger partial charge in [0.25, 0.3) is 0 Å². The number of hydrogen-bond donors (Lipinski definition) is 1. The lowest BCUT2D eigenvalue weighted by molar-refractivity contribution is -0.111. The van der Waals surface area contributed by atoms with Gasteiger partial charge < -0.3 is 5.32 Å². The van der Waals surface area contributed by atoms with Gasteiger partial charge in [-0.25, -0.2) is 12.8 Å². The molecule has 0 atom stereocenters. The highest BCUT2D eigenvalue weighted by atomic mass is 32.2. The number of hydrogen-bond acceptors (Lipinski definition) is 3. The van der Waals surface area contributed by atoms with Crippen LogP contribution in [0, 0.1) is 5.82 Å². The van der Waals surface area contributed by atoms with Crippen molar-refractivity contribution < 1.29 is 17.6 Å². The van der Waals surface area contributed by atoms with E-state index in [0.717, 1.165) is 0 Å². The maximum Gasteiger partial charge on any atom is 0.248 e. The van der Waals surface area contributed by atoms with Crippen molar-refractivity contribution in [3.63, 3.8) is 0 Å². The second-order valence-corrected chi connectivity index (χ2v) is 7.43. The molecule has 0 unspecified atom stereocenters. The Morgan fingerprint density at radius 1 is 1.04 bits per heavy atom. The van der Waals surface area contributed by atoms with Crippen molar-refractivity contribution >= 4 is 27.7 Å². The molecule has 138 valence electrons. The predicted octanol–water partition coefficient (Wildman–Crippen LogP) is 3.51. The van der Waals surface area contributed by atoms with E-state index in [4.69, 9.17) is 0 Å². The number of carbonyl (C=O) groups is 1. The minimum atomic E-state index is -3.49. The lowest BCUT2D eigenvalue weighted by Gasteiger charge is -2.18. The Hall–Kier alpha value is -2.51. The van der Waals surface area contributed by atoms with Crippen LogP contribution < -0.4 is 5.32 Å². The van der Waals surface area contributed by atoms with Crippen molar-refractivity contribution in [2.24, 2.45) is 0 Å². The zero-order chi connectivity index (χ0) is 19.2. The van der Waals surface area contributed by atoms with Crippen LogP contribution in [-0.2, 0) is 14.8 Å². The first kappa shape index (κ1) is 19.8. The number of amides is 1. The van der Waals surface area contributed by atoms with Crippen LogP contribution in [0.5, 0.6) is 0 Å². The summed E-state index contributed by atoms with van der Waals surface area (Å²) in [6.07, 6.45) is 2.91. The molecule has 26 heavy (non-hydrogen) atoms. The van der Waals surface area contributed by atoms with E-state index in [-0.39, 0.29) is 16.6 Å². The third kappa shape index (κ3) is 5.00. The lowest BCUT2D eigenvalue weighted by Crippen LogP contribution is -2.30. The van der Waals surface area contributed by atoms with Crippen molar-refractivity contribution in [1.82, 2.24) is 4.31 Å². The van der Waals surface area contributed by atoms with Gasteiger partial charge in [-0.1, -0.05) is 26.0 Å². The summed E-state index contributed by atoms with van der Waals surface area (Å²) < 4.78 is 39.0. The molecule has 0 aliphatic rings. The average Bonchev–Trinajstić information content (AvgIpc) is 2.63. The fraction of sp³-hybridized carbons (Fsp3) is 0.211. The van der Waals surface area contributed by atoms with Gasteiger partial charge in [0.2, 0.25) is 15.9 Å². The van der Waals surface area contributed by atoms with Crippen molar-refractivity contribution in [1.29, 1.82) is 0 Å². The molecular weight excluding hydrogens is 355 g/mol. The summed E-state index contributed by atoms with van der Waals surface area (Å²) in [4.78, 5) is 12.1. The summed E-state index contributed by atoms with van der Waals surface area (Å²) in [6, 6.07) is 11.8. The Labute approximate surface area is 153 Å². The smallest absolute Gasteiger partial charge is 0.248 e.